The summed E-state index contributed by atoms with van der Waals surface area (Å²) in [4.78, 5) is 48.3. The van der Waals surface area contributed by atoms with Gasteiger partial charge in [-0.25, -0.2) is 17.8 Å². The van der Waals surface area contributed by atoms with Crippen LogP contribution < -0.4 is 20.1 Å². The van der Waals surface area contributed by atoms with Crippen LogP contribution in [-0.4, -0.2) is 71.0 Å². The molecule has 0 radical (unpaired) electrons. The van der Waals surface area contributed by atoms with E-state index in [1.807, 2.05) is 30.3 Å². The number of carbonyl (C=O) groups is 3. The first-order valence-electron chi connectivity index (χ1n) is 17.6. The number of hydrogen-bond acceptors (Lipinski definition) is 9. The molecule has 4 aliphatic rings. The normalized spacial score (nSPS) is 27.5. The molecule has 2 aliphatic carbocycles. The first kappa shape index (κ1) is 37.1. The third-order valence-electron chi connectivity index (χ3n) is 10.6. The lowest BCUT2D eigenvalue weighted by atomic mass is 10.0. The van der Waals surface area contributed by atoms with Crippen molar-refractivity contribution in [1.82, 2.24) is 19.9 Å². The zero-order chi connectivity index (χ0) is 37.8. The van der Waals surface area contributed by atoms with Crippen molar-refractivity contribution in [3.63, 3.8) is 0 Å². The molecule has 2 aromatic carbocycles. The Labute approximate surface area is 307 Å². The number of sulfonamides is 1. The number of rotatable bonds is 7. The maximum atomic E-state index is 14.5. The molecule has 17 heteroatoms. The van der Waals surface area contributed by atoms with Crippen LogP contribution in [0.25, 0.3) is 10.2 Å². The fourth-order valence-electron chi connectivity index (χ4n) is 7.03. The van der Waals surface area contributed by atoms with Crippen LogP contribution in [0.3, 0.4) is 0 Å². The van der Waals surface area contributed by atoms with Crippen LogP contribution in [0, 0.1) is 11.7 Å². The van der Waals surface area contributed by atoms with E-state index in [0.29, 0.717) is 55.3 Å². The van der Waals surface area contributed by atoms with Crippen LogP contribution in [-0.2, 0) is 30.6 Å². The van der Waals surface area contributed by atoms with E-state index < -0.39 is 79.7 Å². The van der Waals surface area contributed by atoms with Crippen molar-refractivity contribution in [3.05, 3.63) is 66.0 Å². The summed E-state index contributed by atoms with van der Waals surface area (Å²) < 4.78 is 89.5. The number of allylic oxidation sites excluding steroid dienone is 1. The number of halogens is 4. The number of benzene rings is 2. The highest BCUT2D eigenvalue weighted by molar-refractivity contribution is 7.91. The van der Waals surface area contributed by atoms with Crippen molar-refractivity contribution < 1.29 is 45.1 Å². The monoisotopic (exact) mass is 777 g/mol. The highest BCUT2D eigenvalue weighted by Gasteiger charge is 2.63. The van der Waals surface area contributed by atoms with Gasteiger partial charge in [-0.15, -0.1) is 0 Å². The number of fused-ring (bicyclic) bond motifs is 3. The van der Waals surface area contributed by atoms with Crippen LogP contribution >= 0.6 is 11.3 Å². The average Bonchev–Trinajstić information content (AvgIpc) is 3.90. The molecule has 2 aliphatic heterocycles. The summed E-state index contributed by atoms with van der Waals surface area (Å²) in [7, 11) is -4.03. The third kappa shape index (κ3) is 7.72. The number of amides is 3. The molecule has 1 saturated heterocycles. The zero-order valence-corrected chi connectivity index (χ0v) is 30.4. The van der Waals surface area contributed by atoms with Crippen molar-refractivity contribution >= 4 is 55.0 Å². The fraction of sp³-hybridized carbons (Fsp3) is 0.500. The lowest BCUT2D eigenvalue weighted by Crippen LogP contribution is -2.58. The van der Waals surface area contributed by atoms with E-state index in [9.17, 15) is 40.4 Å². The van der Waals surface area contributed by atoms with E-state index in [1.54, 1.807) is 13.0 Å². The number of alkyl halides is 3. The van der Waals surface area contributed by atoms with Crippen LogP contribution in [0.1, 0.15) is 70.3 Å². The number of hydrogen-bond donors (Lipinski definition) is 3. The molecule has 3 aromatic rings. The van der Waals surface area contributed by atoms with Gasteiger partial charge in [0.1, 0.15) is 29.5 Å². The number of nitrogens with one attached hydrogen (secondary N) is 3. The Bertz CT molecular complexity index is 2040. The molecule has 3 amide bonds. The molecule has 1 aromatic heterocycles. The van der Waals surface area contributed by atoms with Crippen LogP contribution in [0.15, 0.2) is 54.6 Å². The molecule has 284 valence electrons. The minimum Gasteiger partial charge on any atom is -0.465 e. The quantitative estimate of drug-likeness (QED) is 0.205. The highest BCUT2D eigenvalue weighted by Crippen LogP contribution is 2.47. The van der Waals surface area contributed by atoms with Crippen LogP contribution in [0.4, 0.5) is 23.2 Å². The fourth-order valence-corrected chi connectivity index (χ4v) is 9.22. The van der Waals surface area contributed by atoms with Gasteiger partial charge in [0.25, 0.3) is 11.1 Å². The molecule has 0 bridgehead atoms. The summed E-state index contributed by atoms with van der Waals surface area (Å²) in [6, 6.07) is 6.99. The lowest BCUT2D eigenvalue weighted by Gasteiger charge is -2.30. The van der Waals surface area contributed by atoms with Gasteiger partial charge in [-0.1, -0.05) is 48.5 Å². The van der Waals surface area contributed by atoms with Crippen LogP contribution in [0.2, 0.25) is 0 Å². The molecule has 11 nitrogen and oxygen atoms in total. The number of anilines is 1. The molecule has 5 atom stereocenters. The van der Waals surface area contributed by atoms with Crippen molar-refractivity contribution in [2.75, 3.05) is 11.9 Å². The Morgan fingerprint density at radius 1 is 1.11 bits per heavy atom. The lowest BCUT2D eigenvalue weighted by molar-refractivity contribution is -0.140. The molecular weight excluding hydrogens is 739 g/mol. The van der Waals surface area contributed by atoms with Gasteiger partial charge in [-0.05, 0) is 75.8 Å². The third-order valence-corrected chi connectivity index (χ3v) is 13.7. The zero-order valence-electron chi connectivity index (χ0n) is 28.7. The second kappa shape index (κ2) is 13.9. The average molecular weight is 778 g/mol. The molecule has 3 fully saturated rings. The van der Waals surface area contributed by atoms with Crippen molar-refractivity contribution in [2.45, 2.75) is 99.4 Å². The molecule has 0 unspecified atom stereocenters. The van der Waals surface area contributed by atoms with Gasteiger partial charge in [0.05, 0.1) is 27.1 Å². The summed E-state index contributed by atoms with van der Waals surface area (Å²) in [5.74, 6) is -3.83. The van der Waals surface area contributed by atoms with Crippen molar-refractivity contribution in [2.24, 2.45) is 5.92 Å². The summed E-state index contributed by atoms with van der Waals surface area (Å²) in [5.41, 5.74) is -2.36. The Morgan fingerprint density at radius 3 is 2.62 bits per heavy atom. The summed E-state index contributed by atoms with van der Waals surface area (Å²) in [6.07, 6.45) is 1.60. The maximum absolute atomic E-state index is 14.5. The van der Waals surface area contributed by atoms with Crippen molar-refractivity contribution in [1.29, 1.82) is 0 Å². The van der Waals surface area contributed by atoms with E-state index in [1.165, 1.54) is 16.2 Å². The molecule has 7 rings (SSSR count). The van der Waals surface area contributed by atoms with Gasteiger partial charge in [0.2, 0.25) is 21.8 Å². The molecule has 0 spiro atoms. The number of nitrogens with zero attached hydrogens (tertiary/aromatic N) is 2. The smallest absolute Gasteiger partial charge is 0.416 e. The highest BCUT2D eigenvalue weighted by atomic mass is 32.2. The summed E-state index contributed by atoms with van der Waals surface area (Å²) >= 11 is 1.28. The molecule has 2 saturated carbocycles. The van der Waals surface area contributed by atoms with Gasteiger partial charge in [0.15, 0.2) is 0 Å². The number of para-hydroxylation sites is 1. The van der Waals surface area contributed by atoms with Gasteiger partial charge in [-0.2, -0.15) is 13.2 Å². The van der Waals surface area contributed by atoms with Crippen LogP contribution in [0.5, 0.6) is 5.19 Å². The Hall–Kier alpha value is -4.25. The number of aromatic nitrogens is 1. The first-order chi connectivity index (χ1) is 25.1. The number of ether oxygens (including phenoxy) is 1. The Balaban J connectivity index is 1.20. The molecule has 53 heavy (non-hydrogen) atoms. The number of thiazole rings is 1. The van der Waals surface area contributed by atoms with E-state index in [0.717, 1.165) is 16.8 Å². The Morgan fingerprint density at radius 2 is 1.89 bits per heavy atom. The minimum absolute atomic E-state index is 0.0209. The molecular formula is C36H39F4N5O6S2. The molecule has 3 N–H and O–H groups in total. The van der Waals surface area contributed by atoms with Crippen molar-refractivity contribution in [3.8, 4) is 5.19 Å². The predicted molar refractivity (Wildman–Crippen MR) is 189 cm³/mol. The van der Waals surface area contributed by atoms with E-state index in [2.05, 4.69) is 20.3 Å². The maximum Gasteiger partial charge on any atom is 0.416 e. The second-order valence-electron chi connectivity index (χ2n) is 14.6. The minimum atomic E-state index is -4.83. The van der Waals surface area contributed by atoms with Gasteiger partial charge in [-0.3, -0.25) is 19.1 Å². The van der Waals surface area contributed by atoms with E-state index in [4.69, 9.17) is 4.74 Å². The predicted octanol–water partition coefficient (Wildman–Crippen LogP) is 5.68. The first-order valence-corrected chi connectivity index (χ1v) is 19.9. The van der Waals surface area contributed by atoms with Gasteiger partial charge < -0.3 is 20.3 Å². The summed E-state index contributed by atoms with van der Waals surface area (Å²) in [6.45, 7) is 1.45. The standard InChI is InChI=1S/C36H39F4N5O6S2/c1-34(13-14-34)53(49,50)44-32(48)35-19-21(35)9-5-3-2-4-6-11-27(41-24-16-22(36(38,39)40)15-23(37)17-24)31(47)45-20-25(18-28(45)30(46)43-35)51-33-42-26-10-7-8-12-29(26)52-33/h5,7-10,12,15-17,21,25,27-28,41H,2-4,6,11,13-14,18-20H2,1H3,(H,43,46)(H,44,48)/t21-,25-,27+,28+,35-/m1/s1. The largest absolute Gasteiger partial charge is 0.465 e. The summed E-state index contributed by atoms with van der Waals surface area (Å²) in [5, 5.41) is 5.92. The SMILES string of the molecule is CC1(S(=O)(=O)NC(=O)[C@@]23C[C@H]2C=CCCCCC[C@H](Nc2cc(F)cc(C(F)(F)F)c2)C(=O)N2C[C@H](Oc4nc5ccccc5s4)C[C@H]2C(=O)N3)CC1. The van der Waals surface area contributed by atoms with Gasteiger partial charge >= 0.3 is 6.18 Å². The molecule has 3 heterocycles. The number of carbonyl (C=O) groups excluding carboxylic acids is 3. The van der Waals surface area contributed by atoms with E-state index >= 15 is 0 Å². The topological polar surface area (TPSA) is 147 Å². The van der Waals surface area contributed by atoms with E-state index in [-0.39, 0.29) is 31.5 Å². The Kier molecular flexibility index (Phi) is 9.70. The van der Waals surface area contributed by atoms with Gasteiger partial charge in [0, 0.05) is 18.0 Å². The second-order valence-corrected chi connectivity index (χ2v) is 17.8.